The van der Waals surface area contributed by atoms with Gasteiger partial charge < -0.3 is 5.32 Å². The second-order valence-corrected chi connectivity index (χ2v) is 7.64. The third-order valence-electron chi connectivity index (χ3n) is 2.64. The predicted octanol–water partition coefficient (Wildman–Crippen LogP) is 3.33. The molecule has 1 aromatic carbocycles. The summed E-state index contributed by atoms with van der Waals surface area (Å²) in [5.41, 5.74) is 1.65. The molecule has 0 aliphatic carbocycles. The van der Waals surface area contributed by atoms with Gasteiger partial charge >= 0.3 is 0 Å². The molecule has 0 fully saturated rings. The Balaban J connectivity index is 2.24. The number of halogens is 2. The van der Waals surface area contributed by atoms with Gasteiger partial charge in [0, 0.05) is 27.0 Å². The van der Waals surface area contributed by atoms with Crippen LogP contribution in [0.15, 0.2) is 45.9 Å². The number of carbonyl (C=O) groups is 1. The van der Waals surface area contributed by atoms with Gasteiger partial charge in [-0.25, -0.2) is 8.42 Å². The Morgan fingerprint density at radius 1 is 1.29 bits per heavy atom. The van der Waals surface area contributed by atoms with Gasteiger partial charge in [-0.2, -0.15) is 0 Å². The molecule has 0 aliphatic rings. The number of hydrogen-bond acceptors (Lipinski definition) is 4. The molecule has 0 saturated carbocycles. The largest absolute Gasteiger partial charge is 0.321 e. The SMILES string of the molecule is Cc1ccc(C(=O)Nc2ccc(S(=O)(=O)Cl)cc2Br)cn1. The van der Waals surface area contributed by atoms with Gasteiger partial charge in [-0.05, 0) is 53.2 Å². The van der Waals surface area contributed by atoms with Crippen molar-refractivity contribution < 1.29 is 13.2 Å². The fourth-order valence-electron chi connectivity index (χ4n) is 1.55. The number of amides is 1. The van der Waals surface area contributed by atoms with E-state index in [9.17, 15) is 13.2 Å². The smallest absolute Gasteiger partial charge is 0.261 e. The van der Waals surface area contributed by atoms with Gasteiger partial charge in [0.25, 0.3) is 15.0 Å². The van der Waals surface area contributed by atoms with E-state index in [-0.39, 0.29) is 10.8 Å². The Labute approximate surface area is 134 Å². The maximum Gasteiger partial charge on any atom is 0.261 e. The van der Waals surface area contributed by atoms with E-state index in [2.05, 4.69) is 26.2 Å². The van der Waals surface area contributed by atoms with Crippen LogP contribution in [0.2, 0.25) is 0 Å². The second kappa shape index (κ2) is 6.13. The molecule has 1 aromatic heterocycles. The minimum Gasteiger partial charge on any atom is -0.321 e. The molecule has 0 unspecified atom stereocenters. The average Bonchev–Trinajstić information content (AvgIpc) is 2.40. The molecule has 0 radical (unpaired) electrons. The molecular formula is C13H10BrClN2O3S. The number of hydrogen-bond donors (Lipinski definition) is 1. The van der Waals surface area contributed by atoms with Crippen molar-refractivity contribution >= 4 is 47.3 Å². The molecule has 8 heteroatoms. The number of nitrogens with one attached hydrogen (secondary N) is 1. The standard InChI is InChI=1S/C13H10BrClN2O3S/c1-8-2-3-9(7-16-8)13(18)17-12-5-4-10(6-11(12)14)21(15,19)20/h2-7H,1H3,(H,17,18). The lowest BCUT2D eigenvalue weighted by Gasteiger charge is -2.08. The lowest BCUT2D eigenvalue weighted by atomic mass is 10.2. The molecule has 1 heterocycles. The Morgan fingerprint density at radius 2 is 2.00 bits per heavy atom. The Bertz CT molecular complexity index is 792. The number of pyridine rings is 1. The van der Waals surface area contributed by atoms with E-state index in [1.807, 2.05) is 6.92 Å². The molecule has 1 amide bonds. The second-order valence-electron chi connectivity index (χ2n) is 4.22. The number of anilines is 1. The molecule has 0 aliphatic heterocycles. The summed E-state index contributed by atoms with van der Waals surface area (Å²) < 4.78 is 22.9. The molecule has 0 bridgehead atoms. The summed E-state index contributed by atoms with van der Waals surface area (Å²) in [7, 11) is 1.45. The van der Waals surface area contributed by atoms with Crippen molar-refractivity contribution in [2.24, 2.45) is 0 Å². The monoisotopic (exact) mass is 388 g/mol. The molecule has 2 aromatic rings. The molecule has 1 N–H and O–H groups in total. The zero-order valence-corrected chi connectivity index (χ0v) is 14.0. The van der Waals surface area contributed by atoms with Crippen LogP contribution < -0.4 is 5.32 Å². The summed E-state index contributed by atoms with van der Waals surface area (Å²) >= 11 is 3.20. The fourth-order valence-corrected chi connectivity index (χ4v) is 2.95. The van der Waals surface area contributed by atoms with Crippen LogP contribution in [0.3, 0.4) is 0 Å². The Hall–Kier alpha value is -1.44. The summed E-state index contributed by atoms with van der Waals surface area (Å²) in [4.78, 5) is 16.0. The highest BCUT2D eigenvalue weighted by Gasteiger charge is 2.14. The van der Waals surface area contributed by atoms with E-state index in [1.165, 1.54) is 24.4 Å². The van der Waals surface area contributed by atoms with Gasteiger partial charge in [0.2, 0.25) is 0 Å². The fraction of sp³-hybridized carbons (Fsp3) is 0.0769. The zero-order valence-electron chi connectivity index (χ0n) is 10.8. The van der Waals surface area contributed by atoms with Crippen LogP contribution in [0.1, 0.15) is 16.1 Å². The number of aryl methyl sites for hydroxylation is 1. The van der Waals surface area contributed by atoms with E-state index in [4.69, 9.17) is 10.7 Å². The summed E-state index contributed by atoms with van der Waals surface area (Å²) in [6, 6.07) is 7.48. The van der Waals surface area contributed by atoms with E-state index in [0.29, 0.717) is 15.7 Å². The molecular weight excluding hydrogens is 380 g/mol. The summed E-state index contributed by atoms with van der Waals surface area (Å²) in [5.74, 6) is -0.343. The highest BCUT2D eigenvalue weighted by Crippen LogP contribution is 2.27. The van der Waals surface area contributed by atoms with Crippen molar-refractivity contribution in [2.75, 3.05) is 5.32 Å². The van der Waals surface area contributed by atoms with E-state index in [0.717, 1.165) is 5.69 Å². The minimum absolute atomic E-state index is 0.0500. The van der Waals surface area contributed by atoms with Gasteiger partial charge in [-0.1, -0.05) is 0 Å². The average molecular weight is 390 g/mol. The number of aromatic nitrogens is 1. The highest BCUT2D eigenvalue weighted by molar-refractivity contribution is 9.10. The highest BCUT2D eigenvalue weighted by atomic mass is 79.9. The van der Waals surface area contributed by atoms with E-state index in [1.54, 1.807) is 12.1 Å². The molecule has 0 saturated heterocycles. The summed E-state index contributed by atoms with van der Waals surface area (Å²) in [5, 5.41) is 2.66. The lowest BCUT2D eigenvalue weighted by Crippen LogP contribution is -2.12. The van der Waals surface area contributed by atoms with Crippen LogP contribution in [-0.2, 0) is 9.05 Å². The van der Waals surface area contributed by atoms with Crippen molar-refractivity contribution in [3.63, 3.8) is 0 Å². The molecule has 0 atom stereocenters. The first kappa shape index (κ1) is 15.9. The Morgan fingerprint density at radius 3 is 2.52 bits per heavy atom. The topological polar surface area (TPSA) is 76.1 Å². The Kier molecular flexibility index (Phi) is 4.65. The lowest BCUT2D eigenvalue weighted by molar-refractivity contribution is 0.102. The van der Waals surface area contributed by atoms with Crippen LogP contribution in [0.25, 0.3) is 0 Å². The van der Waals surface area contributed by atoms with Crippen molar-refractivity contribution in [1.29, 1.82) is 0 Å². The molecule has 5 nitrogen and oxygen atoms in total. The van der Waals surface area contributed by atoms with Crippen molar-refractivity contribution in [1.82, 2.24) is 4.98 Å². The van der Waals surface area contributed by atoms with Crippen LogP contribution in [0, 0.1) is 6.92 Å². The van der Waals surface area contributed by atoms with Gasteiger partial charge in [0.05, 0.1) is 16.1 Å². The first-order chi connectivity index (χ1) is 9.77. The van der Waals surface area contributed by atoms with Crippen LogP contribution >= 0.6 is 26.6 Å². The normalized spacial score (nSPS) is 11.2. The van der Waals surface area contributed by atoms with Crippen molar-refractivity contribution in [2.45, 2.75) is 11.8 Å². The van der Waals surface area contributed by atoms with Gasteiger partial charge in [-0.3, -0.25) is 9.78 Å². The first-order valence-corrected chi connectivity index (χ1v) is 8.86. The molecule has 21 heavy (non-hydrogen) atoms. The van der Waals surface area contributed by atoms with Crippen LogP contribution in [0.4, 0.5) is 5.69 Å². The number of rotatable bonds is 3. The minimum atomic E-state index is -3.81. The van der Waals surface area contributed by atoms with Crippen molar-refractivity contribution in [3.05, 3.63) is 52.3 Å². The predicted molar refractivity (Wildman–Crippen MR) is 84.1 cm³/mol. The van der Waals surface area contributed by atoms with Gasteiger partial charge in [0.1, 0.15) is 0 Å². The first-order valence-electron chi connectivity index (χ1n) is 5.75. The van der Waals surface area contributed by atoms with Gasteiger partial charge in [-0.15, -0.1) is 0 Å². The number of benzene rings is 1. The van der Waals surface area contributed by atoms with Crippen LogP contribution in [0.5, 0.6) is 0 Å². The number of carbonyl (C=O) groups excluding carboxylic acids is 1. The summed E-state index contributed by atoms with van der Waals surface area (Å²) in [6.07, 6.45) is 1.47. The maximum absolute atomic E-state index is 12.0. The third-order valence-corrected chi connectivity index (χ3v) is 4.65. The maximum atomic E-state index is 12.0. The zero-order chi connectivity index (χ0) is 15.6. The van der Waals surface area contributed by atoms with Crippen molar-refractivity contribution in [3.8, 4) is 0 Å². The molecule has 0 spiro atoms. The van der Waals surface area contributed by atoms with Crippen LogP contribution in [-0.4, -0.2) is 19.3 Å². The molecule has 110 valence electrons. The molecule has 2 rings (SSSR count). The van der Waals surface area contributed by atoms with E-state index >= 15 is 0 Å². The van der Waals surface area contributed by atoms with Gasteiger partial charge in [0.15, 0.2) is 0 Å². The number of nitrogens with zero attached hydrogens (tertiary/aromatic N) is 1. The summed E-state index contributed by atoms with van der Waals surface area (Å²) in [6.45, 7) is 1.82. The third kappa shape index (κ3) is 4.03. The quantitative estimate of drug-likeness (QED) is 0.817. The van der Waals surface area contributed by atoms with E-state index < -0.39 is 9.05 Å².